The van der Waals surface area contributed by atoms with Crippen LogP contribution in [0.2, 0.25) is 0 Å². The summed E-state index contributed by atoms with van der Waals surface area (Å²) in [6.07, 6.45) is 2.14. The number of carbonyl (C=O) groups is 1. The number of anilines is 1. The van der Waals surface area contributed by atoms with Crippen molar-refractivity contribution in [3.8, 4) is 0 Å². The van der Waals surface area contributed by atoms with E-state index in [1.54, 1.807) is 4.90 Å². The lowest BCUT2D eigenvalue weighted by Crippen LogP contribution is -2.65. The molecule has 108 valence electrons. The summed E-state index contributed by atoms with van der Waals surface area (Å²) < 4.78 is 23.6. The van der Waals surface area contributed by atoms with Gasteiger partial charge in [0.25, 0.3) is 0 Å². The number of nitrogens with two attached hydrogens (primary N) is 1. The van der Waals surface area contributed by atoms with Crippen LogP contribution in [0, 0.1) is 0 Å². The van der Waals surface area contributed by atoms with E-state index in [-0.39, 0.29) is 17.7 Å². The molecule has 2 unspecified atom stereocenters. The summed E-state index contributed by atoms with van der Waals surface area (Å²) in [5.41, 5.74) is 7.44. The first-order chi connectivity index (χ1) is 9.55. The summed E-state index contributed by atoms with van der Waals surface area (Å²) in [6.45, 7) is 0.888. The van der Waals surface area contributed by atoms with E-state index in [2.05, 4.69) is 0 Å². The molecular formula is C14H18N2O3S. The number of nitrogens with zero attached hydrogens (tertiary/aromatic N) is 1. The lowest BCUT2D eigenvalue weighted by molar-refractivity contribution is -0.119. The second kappa shape index (κ2) is 4.86. The van der Waals surface area contributed by atoms with Crippen LogP contribution in [-0.2, 0) is 21.1 Å². The third-order valence-electron chi connectivity index (χ3n) is 4.20. The zero-order valence-corrected chi connectivity index (χ0v) is 12.0. The van der Waals surface area contributed by atoms with Gasteiger partial charge in [0.05, 0.1) is 5.25 Å². The van der Waals surface area contributed by atoms with Crippen molar-refractivity contribution in [2.75, 3.05) is 18.0 Å². The molecule has 2 bridgehead atoms. The number of benzene rings is 1. The molecule has 1 aromatic rings. The minimum Gasteiger partial charge on any atom is -0.330 e. The molecule has 2 atom stereocenters. The maximum atomic E-state index is 12.3. The molecule has 6 heteroatoms. The molecule has 0 aromatic heterocycles. The molecule has 0 aliphatic carbocycles. The highest BCUT2D eigenvalue weighted by atomic mass is 32.2. The first kappa shape index (κ1) is 13.6. The minimum atomic E-state index is -3.20. The minimum absolute atomic E-state index is 0.271. The van der Waals surface area contributed by atoms with Crippen LogP contribution in [0.15, 0.2) is 24.3 Å². The first-order valence-corrected chi connectivity index (χ1v) is 8.48. The Morgan fingerprint density at radius 2 is 2.05 bits per heavy atom. The molecule has 0 radical (unpaired) electrons. The van der Waals surface area contributed by atoms with E-state index in [0.29, 0.717) is 13.0 Å². The summed E-state index contributed by atoms with van der Waals surface area (Å²) >= 11 is 0. The van der Waals surface area contributed by atoms with Crippen LogP contribution in [0.3, 0.4) is 0 Å². The molecule has 3 heterocycles. The number of sulfone groups is 1. The molecule has 5 nitrogen and oxygen atoms in total. The van der Waals surface area contributed by atoms with E-state index >= 15 is 0 Å². The van der Waals surface area contributed by atoms with Crippen LogP contribution in [0.5, 0.6) is 0 Å². The number of hydrogen-bond acceptors (Lipinski definition) is 4. The van der Waals surface area contributed by atoms with Crippen molar-refractivity contribution in [3.63, 3.8) is 0 Å². The fraction of sp³-hybridized carbons (Fsp3) is 0.500. The molecule has 3 fully saturated rings. The third-order valence-corrected chi connectivity index (χ3v) is 6.66. The number of para-hydroxylation sites is 1. The lowest BCUT2D eigenvalue weighted by Gasteiger charge is -2.45. The SMILES string of the molecule is NCCCc1ccccc1N1CC2CC(C1=O)S2(=O)=O. The van der Waals surface area contributed by atoms with E-state index in [4.69, 9.17) is 5.73 Å². The topological polar surface area (TPSA) is 80.5 Å². The smallest absolute Gasteiger partial charge is 0.245 e. The molecule has 3 aliphatic heterocycles. The highest BCUT2D eigenvalue weighted by molar-refractivity contribution is 7.95. The Morgan fingerprint density at radius 1 is 1.30 bits per heavy atom. The molecule has 0 spiro atoms. The van der Waals surface area contributed by atoms with Crippen molar-refractivity contribution in [2.24, 2.45) is 5.73 Å². The fourth-order valence-electron chi connectivity index (χ4n) is 3.00. The first-order valence-electron chi connectivity index (χ1n) is 6.87. The Morgan fingerprint density at radius 3 is 2.70 bits per heavy atom. The number of piperidine rings is 1. The maximum absolute atomic E-state index is 12.3. The van der Waals surface area contributed by atoms with Gasteiger partial charge < -0.3 is 10.6 Å². The van der Waals surface area contributed by atoms with Gasteiger partial charge in [0.2, 0.25) is 5.91 Å². The van der Waals surface area contributed by atoms with Crippen molar-refractivity contribution in [2.45, 2.75) is 29.8 Å². The van der Waals surface area contributed by atoms with Gasteiger partial charge in [-0.3, -0.25) is 4.79 Å². The monoisotopic (exact) mass is 294 g/mol. The Kier molecular flexibility index (Phi) is 3.30. The number of fused-ring (bicyclic) bond motifs is 2. The van der Waals surface area contributed by atoms with Crippen molar-refractivity contribution in [1.29, 1.82) is 0 Å². The van der Waals surface area contributed by atoms with Crippen LogP contribution >= 0.6 is 0 Å². The second-order valence-corrected chi connectivity index (χ2v) is 7.82. The molecule has 0 saturated carbocycles. The summed E-state index contributed by atoms with van der Waals surface area (Å²) in [4.78, 5) is 14.0. The van der Waals surface area contributed by atoms with Crippen LogP contribution in [0.1, 0.15) is 18.4 Å². The number of amides is 1. The van der Waals surface area contributed by atoms with Gasteiger partial charge in [-0.25, -0.2) is 8.42 Å². The Balaban J connectivity index is 1.90. The van der Waals surface area contributed by atoms with E-state index in [9.17, 15) is 13.2 Å². The molecular weight excluding hydrogens is 276 g/mol. The van der Waals surface area contributed by atoms with Gasteiger partial charge in [0.1, 0.15) is 5.25 Å². The maximum Gasteiger partial charge on any atom is 0.245 e. The Labute approximate surface area is 118 Å². The lowest BCUT2D eigenvalue weighted by atomic mass is 10.0. The molecule has 1 amide bonds. The zero-order valence-electron chi connectivity index (χ0n) is 11.2. The third kappa shape index (κ3) is 1.94. The van der Waals surface area contributed by atoms with E-state index < -0.39 is 15.1 Å². The Bertz CT molecular complexity index is 642. The molecule has 3 aliphatic rings. The molecule has 1 aromatic carbocycles. The van der Waals surface area contributed by atoms with Crippen molar-refractivity contribution in [3.05, 3.63) is 29.8 Å². The van der Waals surface area contributed by atoms with E-state index in [1.165, 1.54) is 0 Å². The van der Waals surface area contributed by atoms with Crippen molar-refractivity contribution >= 4 is 21.4 Å². The second-order valence-electron chi connectivity index (χ2n) is 5.41. The van der Waals surface area contributed by atoms with Gasteiger partial charge in [-0.2, -0.15) is 0 Å². The zero-order chi connectivity index (χ0) is 14.3. The highest BCUT2D eigenvalue weighted by Gasteiger charge is 2.57. The summed E-state index contributed by atoms with van der Waals surface area (Å²) in [7, 11) is -3.20. The average molecular weight is 294 g/mol. The van der Waals surface area contributed by atoms with Crippen molar-refractivity contribution < 1.29 is 13.2 Å². The van der Waals surface area contributed by atoms with Crippen molar-refractivity contribution in [1.82, 2.24) is 0 Å². The van der Waals surface area contributed by atoms with E-state index in [0.717, 1.165) is 24.1 Å². The van der Waals surface area contributed by atoms with Crippen LogP contribution in [0.25, 0.3) is 0 Å². The molecule has 3 saturated heterocycles. The van der Waals surface area contributed by atoms with Gasteiger partial charge in [0, 0.05) is 12.2 Å². The van der Waals surface area contributed by atoms with E-state index in [1.807, 2.05) is 24.3 Å². The normalized spacial score (nSPS) is 27.2. The quantitative estimate of drug-likeness (QED) is 0.876. The Hall–Kier alpha value is -1.40. The molecule has 2 N–H and O–H groups in total. The summed E-state index contributed by atoms with van der Waals surface area (Å²) in [6, 6.07) is 7.68. The summed E-state index contributed by atoms with van der Waals surface area (Å²) in [5, 5.41) is -1.20. The van der Waals surface area contributed by atoms with Gasteiger partial charge in [-0.15, -0.1) is 0 Å². The van der Waals surface area contributed by atoms with Gasteiger partial charge in [0.15, 0.2) is 9.84 Å². The summed E-state index contributed by atoms with van der Waals surface area (Å²) in [5.74, 6) is -0.271. The predicted molar refractivity (Wildman–Crippen MR) is 77.3 cm³/mol. The number of hydrogen-bond donors (Lipinski definition) is 1. The van der Waals surface area contributed by atoms with Crippen LogP contribution in [-0.4, -0.2) is 37.9 Å². The predicted octanol–water partition coefficient (Wildman–Crippen LogP) is 0.480. The molecule has 4 rings (SSSR count). The fourth-order valence-corrected chi connectivity index (χ4v) is 4.83. The van der Waals surface area contributed by atoms with Gasteiger partial charge >= 0.3 is 0 Å². The number of aryl methyl sites for hydroxylation is 1. The number of rotatable bonds is 4. The molecule has 20 heavy (non-hydrogen) atoms. The van der Waals surface area contributed by atoms with Crippen LogP contribution < -0.4 is 10.6 Å². The standard InChI is InChI=1S/C14H18N2O3S/c15-7-3-5-10-4-1-2-6-12(10)16-9-11-8-13(14(16)17)20(11,18)19/h1-2,4,6,11,13H,3,5,7-9,15H2. The van der Waals surface area contributed by atoms with Gasteiger partial charge in [-0.1, -0.05) is 18.2 Å². The average Bonchev–Trinajstić information content (AvgIpc) is 2.45. The van der Waals surface area contributed by atoms with Crippen LogP contribution in [0.4, 0.5) is 5.69 Å². The highest BCUT2D eigenvalue weighted by Crippen LogP contribution is 2.39. The largest absolute Gasteiger partial charge is 0.330 e. The van der Waals surface area contributed by atoms with Gasteiger partial charge in [-0.05, 0) is 37.4 Å². The number of carbonyl (C=O) groups excluding carboxylic acids is 1.